The van der Waals surface area contributed by atoms with Crippen molar-refractivity contribution in [3.8, 4) is 0 Å². The second kappa shape index (κ2) is 5.71. The predicted octanol–water partition coefficient (Wildman–Crippen LogP) is 4.92. The van der Waals surface area contributed by atoms with Gasteiger partial charge in [-0.05, 0) is 46.5 Å². The summed E-state index contributed by atoms with van der Waals surface area (Å²) >= 11 is 14.7. The van der Waals surface area contributed by atoms with E-state index in [1.54, 1.807) is 0 Å². The molecule has 1 saturated heterocycles. The molecule has 0 saturated carbocycles. The van der Waals surface area contributed by atoms with Gasteiger partial charge in [-0.15, -0.1) is 23.2 Å². The van der Waals surface area contributed by atoms with Crippen LogP contribution < -0.4 is 4.90 Å². The molecule has 1 aliphatic heterocycles. The lowest BCUT2D eigenvalue weighted by molar-refractivity contribution is -0.122. The molecule has 1 fully saturated rings. The Morgan fingerprint density at radius 3 is 1.40 bits per heavy atom. The lowest BCUT2D eigenvalue weighted by Gasteiger charge is -2.54. The zero-order valence-corrected chi connectivity index (χ0v) is 17.0. The van der Waals surface area contributed by atoms with Crippen LogP contribution in [0.5, 0.6) is 0 Å². The molecule has 0 aromatic heterocycles. The van der Waals surface area contributed by atoms with Crippen molar-refractivity contribution >= 4 is 40.7 Å². The first kappa shape index (κ1) is 18.1. The molecule has 3 nitrogen and oxygen atoms in total. The molecule has 3 aromatic rings. The molecule has 3 aromatic carbocycles. The summed E-state index contributed by atoms with van der Waals surface area (Å²) in [6, 6.07) is 20.3. The maximum Gasteiger partial charge on any atom is 0.240 e. The first-order valence-corrected chi connectivity index (χ1v) is 10.4. The molecule has 30 heavy (non-hydrogen) atoms. The van der Waals surface area contributed by atoms with Gasteiger partial charge in [0.15, 0.2) is 0 Å². The van der Waals surface area contributed by atoms with Gasteiger partial charge in [-0.1, -0.05) is 48.5 Å². The third-order valence-electron chi connectivity index (χ3n) is 6.67. The van der Waals surface area contributed by atoms with Crippen LogP contribution in [0.15, 0.2) is 72.8 Å². The maximum atomic E-state index is 13.7. The molecule has 7 rings (SSSR count). The Bertz CT molecular complexity index is 1130. The Balaban J connectivity index is 1.66. The van der Waals surface area contributed by atoms with E-state index >= 15 is 0 Å². The molecular formula is C24H14Cl2FNO2. The summed E-state index contributed by atoms with van der Waals surface area (Å²) < 4.78 is 13.4. The van der Waals surface area contributed by atoms with Gasteiger partial charge in [0, 0.05) is 0 Å². The molecule has 0 N–H and O–H groups in total. The van der Waals surface area contributed by atoms with Crippen LogP contribution in [0.4, 0.5) is 10.1 Å². The maximum absolute atomic E-state index is 13.7. The average Bonchev–Trinajstić information content (AvgIpc) is 3.04. The minimum absolute atomic E-state index is 0.314. The number of hydrogen-bond donors (Lipinski definition) is 0. The Morgan fingerprint density at radius 1 is 0.667 bits per heavy atom. The van der Waals surface area contributed by atoms with Crippen molar-refractivity contribution in [2.75, 3.05) is 4.90 Å². The zero-order valence-electron chi connectivity index (χ0n) is 15.5. The van der Waals surface area contributed by atoms with Crippen LogP contribution in [0.1, 0.15) is 22.3 Å². The van der Waals surface area contributed by atoms with Crippen LogP contribution in [0.25, 0.3) is 0 Å². The van der Waals surface area contributed by atoms with Crippen LogP contribution in [-0.2, 0) is 19.3 Å². The summed E-state index contributed by atoms with van der Waals surface area (Å²) in [4.78, 5) is 26.0. The SMILES string of the molecule is O=C1[C@@H]2[C@H](C(=O)N1c1ccc(F)cc1)C1(Cl)c3ccccc3C2(Cl)c2ccccc21. The van der Waals surface area contributed by atoms with Crippen molar-refractivity contribution < 1.29 is 14.0 Å². The zero-order chi connectivity index (χ0) is 20.8. The van der Waals surface area contributed by atoms with E-state index in [-0.39, 0.29) is 0 Å². The number of imide groups is 1. The standard InChI is InChI=1S/C24H14Cl2FNO2/c25-23-15-5-1-2-6-16(15)24(26,18-8-4-3-7-17(18)23)20-19(23)21(29)28(22(20)30)14-11-9-13(27)10-12-14/h1-12,19-20H/t19-,20+,23?,24?. The highest BCUT2D eigenvalue weighted by molar-refractivity contribution is 6.38. The Kier molecular flexibility index (Phi) is 3.45. The summed E-state index contributed by atoms with van der Waals surface area (Å²) in [5.74, 6) is -3.00. The molecule has 4 aliphatic rings. The Hall–Kier alpha value is -2.69. The summed E-state index contributed by atoms with van der Waals surface area (Å²) in [5.41, 5.74) is 3.33. The fourth-order valence-electron chi connectivity index (χ4n) is 5.51. The number of benzene rings is 3. The van der Waals surface area contributed by atoms with E-state index < -0.39 is 39.2 Å². The third-order valence-corrected chi connectivity index (χ3v) is 7.95. The van der Waals surface area contributed by atoms with E-state index in [4.69, 9.17) is 23.2 Å². The third kappa shape index (κ3) is 1.88. The fourth-order valence-corrected chi connectivity index (χ4v) is 6.61. The van der Waals surface area contributed by atoms with Crippen molar-refractivity contribution in [1.29, 1.82) is 0 Å². The molecule has 148 valence electrons. The minimum atomic E-state index is -1.21. The lowest BCUT2D eigenvalue weighted by atomic mass is 9.54. The van der Waals surface area contributed by atoms with Crippen LogP contribution in [0.3, 0.4) is 0 Å². The summed E-state index contributed by atoms with van der Waals surface area (Å²) in [5, 5.41) is 0. The number of halogens is 3. The molecule has 2 bridgehead atoms. The molecule has 2 amide bonds. The van der Waals surface area contributed by atoms with E-state index in [1.165, 1.54) is 24.3 Å². The van der Waals surface area contributed by atoms with Gasteiger partial charge in [-0.25, -0.2) is 9.29 Å². The predicted molar refractivity (Wildman–Crippen MR) is 112 cm³/mol. The van der Waals surface area contributed by atoms with Gasteiger partial charge in [0.05, 0.1) is 17.5 Å². The molecule has 2 atom stereocenters. The number of anilines is 1. The quantitative estimate of drug-likeness (QED) is 0.400. The van der Waals surface area contributed by atoms with Crippen LogP contribution in [0.2, 0.25) is 0 Å². The van der Waals surface area contributed by atoms with Crippen molar-refractivity contribution in [2.45, 2.75) is 9.75 Å². The fraction of sp³-hybridized carbons (Fsp3) is 0.167. The number of hydrogen-bond acceptors (Lipinski definition) is 2. The normalized spacial score (nSPS) is 30.8. The lowest BCUT2D eigenvalue weighted by Crippen LogP contribution is -2.57. The van der Waals surface area contributed by atoms with Crippen molar-refractivity contribution in [3.05, 3.63) is 101 Å². The molecule has 0 unspecified atom stereocenters. The van der Waals surface area contributed by atoms with Crippen molar-refractivity contribution in [3.63, 3.8) is 0 Å². The van der Waals surface area contributed by atoms with E-state index in [9.17, 15) is 14.0 Å². The van der Waals surface area contributed by atoms with Gasteiger partial charge in [0.1, 0.15) is 15.6 Å². The number of nitrogens with zero attached hydrogens (tertiary/aromatic N) is 1. The number of carbonyl (C=O) groups excluding carboxylic acids is 2. The summed E-state index contributed by atoms with van der Waals surface area (Å²) in [6.45, 7) is 0. The molecule has 6 heteroatoms. The van der Waals surface area contributed by atoms with Crippen LogP contribution >= 0.6 is 23.2 Å². The topological polar surface area (TPSA) is 37.4 Å². The minimum Gasteiger partial charge on any atom is -0.274 e. The monoisotopic (exact) mass is 437 g/mol. The highest BCUT2D eigenvalue weighted by Gasteiger charge is 2.73. The molecule has 0 spiro atoms. The average molecular weight is 438 g/mol. The number of amides is 2. The second-order valence-electron chi connectivity index (χ2n) is 7.96. The molecule has 1 heterocycles. The molecular weight excluding hydrogens is 424 g/mol. The smallest absolute Gasteiger partial charge is 0.240 e. The highest BCUT2D eigenvalue weighted by atomic mass is 35.5. The van der Waals surface area contributed by atoms with Gasteiger partial charge >= 0.3 is 0 Å². The van der Waals surface area contributed by atoms with E-state index in [2.05, 4.69) is 0 Å². The Morgan fingerprint density at radius 2 is 1.03 bits per heavy atom. The van der Waals surface area contributed by atoms with Gasteiger partial charge in [0.25, 0.3) is 0 Å². The number of alkyl halides is 2. The van der Waals surface area contributed by atoms with Gasteiger partial charge in [-0.3, -0.25) is 9.59 Å². The summed E-state index contributed by atoms with van der Waals surface area (Å²) in [7, 11) is 0. The van der Waals surface area contributed by atoms with Crippen LogP contribution in [0, 0.1) is 17.7 Å². The Labute approximate surface area is 182 Å². The van der Waals surface area contributed by atoms with Gasteiger partial charge < -0.3 is 0 Å². The van der Waals surface area contributed by atoms with Gasteiger partial charge in [0.2, 0.25) is 11.8 Å². The van der Waals surface area contributed by atoms with E-state index in [1.807, 2.05) is 48.5 Å². The first-order valence-electron chi connectivity index (χ1n) is 9.61. The van der Waals surface area contributed by atoms with E-state index in [0.717, 1.165) is 27.2 Å². The largest absolute Gasteiger partial charge is 0.274 e. The molecule has 0 radical (unpaired) electrons. The van der Waals surface area contributed by atoms with Crippen LogP contribution in [-0.4, -0.2) is 11.8 Å². The van der Waals surface area contributed by atoms with E-state index in [0.29, 0.717) is 5.69 Å². The molecule has 3 aliphatic carbocycles. The van der Waals surface area contributed by atoms with Crippen molar-refractivity contribution in [1.82, 2.24) is 0 Å². The van der Waals surface area contributed by atoms with Crippen molar-refractivity contribution in [2.24, 2.45) is 11.8 Å². The summed E-state index contributed by atoms with van der Waals surface area (Å²) in [6.07, 6.45) is 0. The first-order chi connectivity index (χ1) is 14.4. The second-order valence-corrected chi connectivity index (χ2v) is 9.15. The number of rotatable bonds is 1. The number of carbonyl (C=O) groups is 2. The highest BCUT2D eigenvalue weighted by Crippen LogP contribution is 2.69. The van der Waals surface area contributed by atoms with Gasteiger partial charge in [-0.2, -0.15) is 0 Å².